The van der Waals surface area contributed by atoms with Gasteiger partial charge in [0.15, 0.2) is 0 Å². The number of piperazine rings is 1. The van der Waals surface area contributed by atoms with Crippen molar-refractivity contribution < 1.29 is 14.3 Å². The van der Waals surface area contributed by atoms with E-state index >= 15 is 0 Å². The summed E-state index contributed by atoms with van der Waals surface area (Å²) < 4.78 is 6.04. The number of benzene rings is 2. The number of aryl methyl sites for hydroxylation is 1. The Morgan fingerprint density at radius 2 is 1.88 bits per heavy atom. The molecule has 1 N–H and O–H groups in total. The summed E-state index contributed by atoms with van der Waals surface area (Å²) in [4.78, 5) is 30.6. The smallest absolute Gasteiger partial charge is 0.253 e. The Labute approximate surface area is 202 Å². The van der Waals surface area contributed by atoms with Crippen LogP contribution < -0.4 is 10.1 Å². The second-order valence-electron chi connectivity index (χ2n) is 9.50. The summed E-state index contributed by atoms with van der Waals surface area (Å²) in [6.45, 7) is 8.40. The highest BCUT2D eigenvalue weighted by Gasteiger charge is 2.23. The third-order valence-electron chi connectivity index (χ3n) is 6.60. The maximum Gasteiger partial charge on any atom is 0.253 e. The molecule has 2 aliphatic rings. The van der Waals surface area contributed by atoms with Gasteiger partial charge in [-0.3, -0.25) is 14.5 Å². The molecule has 0 bridgehead atoms. The van der Waals surface area contributed by atoms with Crippen molar-refractivity contribution in [1.29, 1.82) is 0 Å². The van der Waals surface area contributed by atoms with Gasteiger partial charge in [-0.05, 0) is 50.2 Å². The zero-order chi connectivity index (χ0) is 23.9. The van der Waals surface area contributed by atoms with Crippen LogP contribution in [0.1, 0.15) is 34.3 Å². The molecule has 0 spiro atoms. The van der Waals surface area contributed by atoms with Gasteiger partial charge >= 0.3 is 0 Å². The Kier molecular flexibility index (Phi) is 8.19. The summed E-state index contributed by atoms with van der Waals surface area (Å²) in [7, 11) is 2.08. The van der Waals surface area contributed by atoms with E-state index in [1.807, 2.05) is 48.2 Å². The zero-order valence-corrected chi connectivity index (χ0v) is 20.3. The van der Waals surface area contributed by atoms with Crippen LogP contribution in [0.4, 0.5) is 0 Å². The second-order valence-corrected chi connectivity index (χ2v) is 9.50. The van der Waals surface area contributed by atoms with Gasteiger partial charge < -0.3 is 19.9 Å². The number of likely N-dealkylation sites (N-methyl/N-ethyl adjacent to an activating group) is 1. The molecule has 34 heavy (non-hydrogen) atoms. The summed E-state index contributed by atoms with van der Waals surface area (Å²) in [5, 5.41) is 3.03. The van der Waals surface area contributed by atoms with Crippen LogP contribution in [0.2, 0.25) is 0 Å². The van der Waals surface area contributed by atoms with Gasteiger partial charge in [-0.25, -0.2) is 0 Å². The molecule has 2 aromatic rings. The maximum atomic E-state index is 12.7. The molecule has 2 amide bonds. The average Bonchev–Trinajstić information content (AvgIpc) is 3.24. The standard InChI is InChI=1S/C27H36N4O3/c1-21-6-8-23(9-7-21)27(33)31-14-12-30(13-15-31)16-17-34-25-5-3-4-22(18-25)19-29(2)20-24-10-11-26(32)28-24/h3-9,18,24H,10-17,19-20H2,1-2H3,(H,28,32)/t24-/m1/s1. The van der Waals surface area contributed by atoms with E-state index in [2.05, 4.69) is 34.3 Å². The number of nitrogens with one attached hydrogen (secondary N) is 1. The van der Waals surface area contributed by atoms with Crippen LogP contribution in [-0.2, 0) is 11.3 Å². The first-order chi connectivity index (χ1) is 16.5. The molecule has 0 aromatic heterocycles. The van der Waals surface area contributed by atoms with Gasteiger partial charge in [-0.2, -0.15) is 0 Å². The third-order valence-corrected chi connectivity index (χ3v) is 6.60. The predicted molar refractivity (Wildman–Crippen MR) is 133 cm³/mol. The van der Waals surface area contributed by atoms with E-state index < -0.39 is 0 Å². The van der Waals surface area contributed by atoms with Gasteiger partial charge in [0, 0.05) is 63.8 Å². The van der Waals surface area contributed by atoms with Crippen LogP contribution >= 0.6 is 0 Å². The average molecular weight is 465 g/mol. The van der Waals surface area contributed by atoms with Crippen molar-refractivity contribution >= 4 is 11.8 Å². The second kappa shape index (κ2) is 11.5. The molecule has 182 valence electrons. The minimum Gasteiger partial charge on any atom is -0.492 e. The van der Waals surface area contributed by atoms with Gasteiger partial charge in [0.2, 0.25) is 5.91 Å². The third kappa shape index (κ3) is 6.81. The topological polar surface area (TPSA) is 65.1 Å². The van der Waals surface area contributed by atoms with Gasteiger partial charge in [0.25, 0.3) is 5.91 Å². The van der Waals surface area contributed by atoms with Gasteiger partial charge in [0.1, 0.15) is 12.4 Å². The molecule has 0 unspecified atom stereocenters. The van der Waals surface area contributed by atoms with E-state index in [-0.39, 0.29) is 17.9 Å². The molecule has 0 saturated carbocycles. The number of nitrogens with zero attached hydrogens (tertiary/aromatic N) is 3. The van der Waals surface area contributed by atoms with Crippen LogP contribution in [0.15, 0.2) is 48.5 Å². The lowest BCUT2D eigenvalue weighted by Gasteiger charge is -2.34. The number of ether oxygens (including phenoxy) is 1. The molecular weight excluding hydrogens is 428 g/mol. The molecule has 2 aromatic carbocycles. The Balaban J connectivity index is 1.17. The molecule has 7 nitrogen and oxygen atoms in total. The summed E-state index contributed by atoms with van der Waals surface area (Å²) in [5.74, 6) is 1.16. The molecule has 2 aliphatic heterocycles. The number of amides is 2. The normalized spacial score (nSPS) is 18.9. The highest BCUT2D eigenvalue weighted by molar-refractivity contribution is 5.94. The first-order valence-electron chi connectivity index (χ1n) is 12.2. The lowest BCUT2D eigenvalue weighted by Crippen LogP contribution is -2.49. The van der Waals surface area contributed by atoms with E-state index in [9.17, 15) is 9.59 Å². The van der Waals surface area contributed by atoms with E-state index in [0.29, 0.717) is 13.0 Å². The van der Waals surface area contributed by atoms with Crippen LogP contribution in [0.5, 0.6) is 5.75 Å². The van der Waals surface area contributed by atoms with Crippen molar-refractivity contribution in [2.45, 2.75) is 32.4 Å². The summed E-state index contributed by atoms with van der Waals surface area (Å²) >= 11 is 0. The number of carbonyl (C=O) groups excluding carboxylic acids is 2. The first kappa shape index (κ1) is 24.2. The Bertz CT molecular complexity index is 970. The molecule has 0 radical (unpaired) electrons. The molecule has 2 heterocycles. The van der Waals surface area contributed by atoms with E-state index in [4.69, 9.17) is 4.74 Å². The highest BCUT2D eigenvalue weighted by Crippen LogP contribution is 2.16. The number of rotatable bonds is 9. The summed E-state index contributed by atoms with van der Waals surface area (Å²) in [6.07, 6.45) is 1.56. The van der Waals surface area contributed by atoms with Crippen molar-refractivity contribution in [3.63, 3.8) is 0 Å². The Morgan fingerprint density at radius 3 is 2.59 bits per heavy atom. The van der Waals surface area contributed by atoms with E-state index in [1.54, 1.807) is 0 Å². The van der Waals surface area contributed by atoms with Gasteiger partial charge in [-0.15, -0.1) is 0 Å². The van der Waals surface area contributed by atoms with Crippen LogP contribution in [-0.4, -0.2) is 85.5 Å². The van der Waals surface area contributed by atoms with Crippen molar-refractivity contribution in [3.05, 3.63) is 65.2 Å². The quantitative estimate of drug-likeness (QED) is 0.618. The number of hydrogen-bond donors (Lipinski definition) is 1. The fourth-order valence-electron chi connectivity index (χ4n) is 4.65. The Morgan fingerprint density at radius 1 is 1.12 bits per heavy atom. The van der Waals surface area contributed by atoms with Gasteiger partial charge in [-0.1, -0.05) is 29.8 Å². The molecule has 4 rings (SSSR count). The predicted octanol–water partition coefficient (Wildman–Crippen LogP) is 2.54. The monoisotopic (exact) mass is 464 g/mol. The Hall–Kier alpha value is -2.90. The van der Waals surface area contributed by atoms with Crippen molar-refractivity contribution in [2.75, 3.05) is 52.9 Å². The molecule has 2 saturated heterocycles. The SMILES string of the molecule is Cc1ccc(C(=O)N2CCN(CCOc3cccc(CN(C)C[C@H]4CCC(=O)N4)c3)CC2)cc1. The fourth-order valence-corrected chi connectivity index (χ4v) is 4.65. The van der Waals surface area contributed by atoms with Gasteiger partial charge in [0.05, 0.1) is 0 Å². The number of carbonyl (C=O) groups is 2. The zero-order valence-electron chi connectivity index (χ0n) is 20.3. The van der Waals surface area contributed by atoms with Crippen LogP contribution in [0, 0.1) is 6.92 Å². The minimum atomic E-state index is 0.119. The van der Waals surface area contributed by atoms with Crippen LogP contribution in [0.3, 0.4) is 0 Å². The molecule has 0 aliphatic carbocycles. The van der Waals surface area contributed by atoms with Crippen molar-refractivity contribution in [3.8, 4) is 5.75 Å². The fraction of sp³-hybridized carbons (Fsp3) is 0.481. The highest BCUT2D eigenvalue weighted by atomic mass is 16.5. The first-order valence-corrected chi connectivity index (χ1v) is 12.2. The lowest BCUT2D eigenvalue weighted by molar-refractivity contribution is -0.119. The maximum absolute atomic E-state index is 12.7. The molecule has 1 atom stereocenters. The molecule has 2 fully saturated rings. The van der Waals surface area contributed by atoms with E-state index in [0.717, 1.165) is 69.1 Å². The van der Waals surface area contributed by atoms with Crippen LogP contribution in [0.25, 0.3) is 0 Å². The molecular formula is C27H36N4O3. The largest absolute Gasteiger partial charge is 0.492 e. The summed E-state index contributed by atoms with van der Waals surface area (Å²) in [5.41, 5.74) is 3.13. The minimum absolute atomic E-state index is 0.119. The van der Waals surface area contributed by atoms with E-state index in [1.165, 1.54) is 5.56 Å². The van der Waals surface area contributed by atoms with Crippen molar-refractivity contribution in [1.82, 2.24) is 20.0 Å². The van der Waals surface area contributed by atoms with Crippen molar-refractivity contribution in [2.24, 2.45) is 0 Å². The number of hydrogen-bond acceptors (Lipinski definition) is 5. The summed E-state index contributed by atoms with van der Waals surface area (Å²) in [6, 6.07) is 16.3. The molecule has 7 heteroatoms. The lowest BCUT2D eigenvalue weighted by atomic mass is 10.1.